The normalized spacial score (nSPS) is 29.4. The SMILES string of the molecule is C[C@@H]1C(=O)N[C@H]1c1cccs1. The van der Waals surface area contributed by atoms with E-state index in [9.17, 15) is 4.79 Å². The molecule has 0 aliphatic carbocycles. The molecule has 0 saturated carbocycles. The van der Waals surface area contributed by atoms with Crippen LogP contribution in [0.4, 0.5) is 0 Å². The predicted molar refractivity (Wildman–Crippen MR) is 44.4 cm³/mol. The van der Waals surface area contributed by atoms with Gasteiger partial charge in [0.05, 0.1) is 12.0 Å². The van der Waals surface area contributed by atoms with Crippen molar-refractivity contribution in [1.29, 1.82) is 0 Å². The highest BCUT2D eigenvalue weighted by molar-refractivity contribution is 7.10. The molecule has 2 rings (SSSR count). The Hall–Kier alpha value is -0.830. The molecule has 0 radical (unpaired) electrons. The summed E-state index contributed by atoms with van der Waals surface area (Å²) < 4.78 is 0. The van der Waals surface area contributed by atoms with Gasteiger partial charge >= 0.3 is 0 Å². The summed E-state index contributed by atoms with van der Waals surface area (Å²) in [5.41, 5.74) is 0. The van der Waals surface area contributed by atoms with Crippen LogP contribution in [0, 0.1) is 5.92 Å². The number of thiophene rings is 1. The fraction of sp³-hybridized carbons (Fsp3) is 0.375. The number of hydrogen-bond donors (Lipinski definition) is 1. The van der Waals surface area contributed by atoms with Gasteiger partial charge in [-0.1, -0.05) is 13.0 Å². The summed E-state index contributed by atoms with van der Waals surface area (Å²) in [4.78, 5) is 12.1. The quantitative estimate of drug-likeness (QED) is 0.632. The zero-order chi connectivity index (χ0) is 7.84. The number of carbonyl (C=O) groups excluding carboxylic acids is 1. The van der Waals surface area contributed by atoms with Crippen molar-refractivity contribution < 1.29 is 4.79 Å². The molecule has 1 N–H and O–H groups in total. The number of β-lactam (4-membered cyclic amide) rings is 1. The van der Waals surface area contributed by atoms with E-state index in [4.69, 9.17) is 0 Å². The molecule has 11 heavy (non-hydrogen) atoms. The maximum absolute atomic E-state index is 10.8. The zero-order valence-electron chi connectivity index (χ0n) is 6.20. The molecule has 1 saturated heterocycles. The van der Waals surface area contributed by atoms with Gasteiger partial charge in [0.15, 0.2) is 0 Å². The van der Waals surface area contributed by atoms with Gasteiger partial charge < -0.3 is 5.32 Å². The van der Waals surface area contributed by atoms with Gasteiger partial charge in [-0.05, 0) is 11.4 Å². The summed E-state index contributed by atoms with van der Waals surface area (Å²) in [7, 11) is 0. The lowest BCUT2D eigenvalue weighted by molar-refractivity contribution is -0.134. The molecule has 1 aliphatic rings. The van der Waals surface area contributed by atoms with Gasteiger partial charge in [0.25, 0.3) is 0 Å². The monoisotopic (exact) mass is 167 g/mol. The van der Waals surface area contributed by atoms with Crippen LogP contribution < -0.4 is 5.32 Å². The smallest absolute Gasteiger partial charge is 0.225 e. The lowest BCUT2D eigenvalue weighted by Crippen LogP contribution is -2.49. The number of amides is 1. The molecular formula is C8H9NOS. The third-order valence-electron chi connectivity index (χ3n) is 2.06. The lowest BCUT2D eigenvalue weighted by Gasteiger charge is -2.33. The molecule has 1 aliphatic heterocycles. The van der Waals surface area contributed by atoms with Crippen molar-refractivity contribution in [2.45, 2.75) is 13.0 Å². The van der Waals surface area contributed by atoms with Crippen molar-refractivity contribution in [3.63, 3.8) is 0 Å². The second-order valence-electron chi connectivity index (χ2n) is 2.79. The van der Waals surface area contributed by atoms with E-state index < -0.39 is 0 Å². The molecule has 58 valence electrons. The first-order valence-electron chi connectivity index (χ1n) is 3.63. The molecule has 1 fully saturated rings. The van der Waals surface area contributed by atoms with Crippen LogP contribution in [0.5, 0.6) is 0 Å². The molecular weight excluding hydrogens is 158 g/mol. The van der Waals surface area contributed by atoms with Gasteiger partial charge in [-0.25, -0.2) is 0 Å². The topological polar surface area (TPSA) is 29.1 Å². The molecule has 3 heteroatoms. The van der Waals surface area contributed by atoms with Crippen LogP contribution in [0.3, 0.4) is 0 Å². The number of carbonyl (C=O) groups is 1. The van der Waals surface area contributed by atoms with Crippen LogP contribution >= 0.6 is 11.3 Å². The Kier molecular flexibility index (Phi) is 1.46. The summed E-state index contributed by atoms with van der Waals surface area (Å²) in [6.07, 6.45) is 0. The molecule has 2 heterocycles. The van der Waals surface area contributed by atoms with Gasteiger partial charge in [0, 0.05) is 4.88 Å². The van der Waals surface area contributed by atoms with E-state index in [1.54, 1.807) is 11.3 Å². The van der Waals surface area contributed by atoms with E-state index in [0.717, 1.165) is 0 Å². The summed E-state index contributed by atoms with van der Waals surface area (Å²) in [6.45, 7) is 1.96. The first kappa shape index (κ1) is 6.85. The van der Waals surface area contributed by atoms with Gasteiger partial charge in [0.1, 0.15) is 0 Å². The van der Waals surface area contributed by atoms with Crippen molar-refractivity contribution in [1.82, 2.24) is 5.32 Å². The molecule has 1 aromatic rings. The summed E-state index contributed by atoms with van der Waals surface area (Å²) in [5.74, 6) is 0.331. The highest BCUT2D eigenvalue weighted by Crippen LogP contribution is 2.32. The first-order valence-corrected chi connectivity index (χ1v) is 4.51. The van der Waals surface area contributed by atoms with Gasteiger partial charge in [-0.3, -0.25) is 4.79 Å². The highest BCUT2D eigenvalue weighted by Gasteiger charge is 2.36. The summed E-state index contributed by atoms with van der Waals surface area (Å²) in [6, 6.07) is 4.35. The Labute approximate surface area is 69.2 Å². The summed E-state index contributed by atoms with van der Waals surface area (Å²) >= 11 is 1.70. The Balaban J connectivity index is 2.15. The average molecular weight is 167 g/mol. The van der Waals surface area contributed by atoms with Crippen LogP contribution in [-0.2, 0) is 4.79 Å². The van der Waals surface area contributed by atoms with E-state index in [-0.39, 0.29) is 17.9 Å². The molecule has 0 spiro atoms. The third kappa shape index (κ3) is 0.959. The third-order valence-corrected chi connectivity index (χ3v) is 3.02. The predicted octanol–water partition coefficient (Wildman–Crippen LogP) is 1.56. The van der Waals surface area contributed by atoms with Crippen LogP contribution in [0.1, 0.15) is 17.8 Å². The van der Waals surface area contributed by atoms with Crippen molar-refractivity contribution in [2.75, 3.05) is 0 Å². The lowest BCUT2D eigenvalue weighted by atomic mass is 9.91. The Bertz CT molecular complexity index is 268. The number of rotatable bonds is 1. The first-order chi connectivity index (χ1) is 5.29. The molecule has 0 unspecified atom stereocenters. The Morgan fingerprint density at radius 2 is 2.45 bits per heavy atom. The molecule has 0 aromatic carbocycles. The minimum absolute atomic E-state index is 0.161. The highest BCUT2D eigenvalue weighted by atomic mass is 32.1. The van der Waals surface area contributed by atoms with Gasteiger partial charge in [-0.2, -0.15) is 0 Å². The maximum Gasteiger partial charge on any atom is 0.225 e. The van der Waals surface area contributed by atoms with Crippen molar-refractivity contribution >= 4 is 17.2 Å². The second kappa shape index (κ2) is 2.34. The van der Waals surface area contributed by atoms with Crippen LogP contribution in [0.25, 0.3) is 0 Å². The zero-order valence-corrected chi connectivity index (χ0v) is 7.02. The fourth-order valence-corrected chi connectivity index (χ4v) is 2.13. The number of hydrogen-bond acceptors (Lipinski definition) is 2. The average Bonchev–Trinajstić information content (AvgIpc) is 2.51. The van der Waals surface area contributed by atoms with Crippen molar-refractivity contribution in [3.05, 3.63) is 22.4 Å². The Morgan fingerprint density at radius 1 is 1.64 bits per heavy atom. The van der Waals surface area contributed by atoms with Crippen molar-refractivity contribution in [3.8, 4) is 0 Å². The van der Waals surface area contributed by atoms with Gasteiger partial charge in [0.2, 0.25) is 5.91 Å². The fourth-order valence-electron chi connectivity index (χ4n) is 1.25. The molecule has 1 amide bonds. The molecule has 1 aromatic heterocycles. The largest absolute Gasteiger partial charge is 0.347 e. The van der Waals surface area contributed by atoms with Gasteiger partial charge in [-0.15, -0.1) is 11.3 Å². The van der Waals surface area contributed by atoms with E-state index in [1.807, 2.05) is 18.4 Å². The molecule has 0 bridgehead atoms. The number of nitrogens with one attached hydrogen (secondary N) is 1. The van der Waals surface area contributed by atoms with Crippen LogP contribution in [-0.4, -0.2) is 5.91 Å². The van der Waals surface area contributed by atoms with Crippen molar-refractivity contribution in [2.24, 2.45) is 5.92 Å². The standard InChI is InChI=1S/C8H9NOS/c1-5-7(9-8(5)10)6-3-2-4-11-6/h2-5,7H,1H3,(H,9,10)/t5-,7+/m0/s1. The maximum atomic E-state index is 10.8. The van der Waals surface area contributed by atoms with E-state index in [1.165, 1.54) is 4.88 Å². The second-order valence-corrected chi connectivity index (χ2v) is 3.77. The van der Waals surface area contributed by atoms with E-state index in [0.29, 0.717) is 0 Å². The van der Waals surface area contributed by atoms with Crippen LogP contribution in [0.2, 0.25) is 0 Å². The minimum Gasteiger partial charge on any atom is -0.347 e. The molecule has 2 nitrogen and oxygen atoms in total. The van der Waals surface area contributed by atoms with Crippen LogP contribution in [0.15, 0.2) is 17.5 Å². The van der Waals surface area contributed by atoms with E-state index in [2.05, 4.69) is 11.4 Å². The summed E-state index contributed by atoms with van der Waals surface area (Å²) in [5, 5.41) is 4.90. The molecule has 2 atom stereocenters. The van der Waals surface area contributed by atoms with E-state index >= 15 is 0 Å². The minimum atomic E-state index is 0.161. The Morgan fingerprint density at radius 3 is 2.91 bits per heavy atom.